The SMILES string of the molecule is C=CC(C)(CNCC(C)C)Cc1c(F)cccc1Cl. The van der Waals surface area contributed by atoms with E-state index < -0.39 is 0 Å². The zero-order chi connectivity index (χ0) is 14.5. The predicted octanol–water partition coefficient (Wildman–Crippen LogP) is 4.46. The Morgan fingerprint density at radius 1 is 1.47 bits per heavy atom. The van der Waals surface area contributed by atoms with E-state index in [1.165, 1.54) is 6.07 Å². The van der Waals surface area contributed by atoms with Crippen LogP contribution in [0.4, 0.5) is 4.39 Å². The van der Waals surface area contributed by atoms with Crippen molar-refractivity contribution in [1.29, 1.82) is 0 Å². The molecule has 1 unspecified atom stereocenters. The fourth-order valence-electron chi connectivity index (χ4n) is 1.96. The topological polar surface area (TPSA) is 12.0 Å². The van der Waals surface area contributed by atoms with Gasteiger partial charge in [0.15, 0.2) is 0 Å². The van der Waals surface area contributed by atoms with Crippen LogP contribution in [0.3, 0.4) is 0 Å². The molecule has 0 aliphatic carbocycles. The van der Waals surface area contributed by atoms with Crippen LogP contribution in [0.15, 0.2) is 30.9 Å². The molecule has 0 bridgehead atoms. The van der Waals surface area contributed by atoms with Crippen molar-refractivity contribution in [2.45, 2.75) is 27.2 Å². The summed E-state index contributed by atoms with van der Waals surface area (Å²) in [6, 6.07) is 4.81. The number of benzene rings is 1. The van der Waals surface area contributed by atoms with E-state index in [9.17, 15) is 4.39 Å². The molecule has 3 heteroatoms. The van der Waals surface area contributed by atoms with Gasteiger partial charge in [0.2, 0.25) is 0 Å². The zero-order valence-electron chi connectivity index (χ0n) is 12.0. The lowest BCUT2D eigenvalue weighted by molar-refractivity contribution is 0.372. The van der Waals surface area contributed by atoms with Crippen molar-refractivity contribution in [2.24, 2.45) is 11.3 Å². The van der Waals surface area contributed by atoms with Crippen molar-refractivity contribution in [3.63, 3.8) is 0 Å². The quantitative estimate of drug-likeness (QED) is 0.729. The van der Waals surface area contributed by atoms with E-state index in [1.807, 2.05) is 6.08 Å². The fourth-order valence-corrected chi connectivity index (χ4v) is 2.19. The van der Waals surface area contributed by atoms with Gasteiger partial charge < -0.3 is 5.32 Å². The zero-order valence-corrected chi connectivity index (χ0v) is 12.7. The van der Waals surface area contributed by atoms with Crippen molar-refractivity contribution in [3.05, 3.63) is 47.3 Å². The molecule has 0 spiro atoms. The van der Waals surface area contributed by atoms with Crippen LogP contribution in [0.1, 0.15) is 26.3 Å². The van der Waals surface area contributed by atoms with Crippen LogP contribution in [0.2, 0.25) is 5.02 Å². The highest BCUT2D eigenvalue weighted by Crippen LogP contribution is 2.29. The Hall–Kier alpha value is -0.860. The molecule has 1 nitrogen and oxygen atoms in total. The summed E-state index contributed by atoms with van der Waals surface area (Å²) in [4.78, 5) is 0. The molecule has 1 aromatic carbocycles. The number of rotatable bonds is 7. The Morgan fingerprint density at radius 2 is 2.16 bits per heavy atom. The summed E-state index contributed by atoms with van der Waals surface area (Å²) in [7, 11) is 0. The van der Waals surface area contributed by atoms with E-state index in [0.29, 0.717) is 22.9 Å². The van der Waals surface area contributed by atoms with Gasteiger partial charge in [-0.2, -0.15) is 0 Å². The monoisotopic (exact) mass is 283 g/mol. The van der Waals surface area contributed by atoms with Crippen molar-refractivity contribution >= 4 is 11.6 Å². The Balaban J connectivity index is 2.77. The lowest BCUT2D eigenvalue weighted by atomic mass is 9.83. The van der Waals surface area contributed by atoms with E-state index in [-0.39, 0.29) is 11.2 Å². The molecule has 1 atom stereocenters. The van der Waals surface area contributed by atoms with E-state index >= 15 is 0 Å². The second-order valence-electron chi connectivity index (χ2n) is 5.76. The van der Waals surface area contributed by atoms with Crippen molar-refractivity contribution in [1.82, 2.24) is 5.32 Å². The summed E-state index contributed by atoms with van der Waals surface area (Å²) in [5, 5.41) is 3.88. The van der Waals surface area contributed by atoms with Gasteiger partial charge in [0.1, 0.15) is 5.82 Å². The van der Waals surface area contributed by atoms with Gasteiger partial charge in [0, 0.05) is 22.5 Å². The van der Waals surface area contributed by atoms with Gasteiger partial charge in [0.25, 0.3) is 0 Å². The molecule has 0 saturated carbocycles. The lowest BCUT2D eigenvalue weighted by Crippen LogP contribution is -2.34. The molecule has 0 heterocycles. The molecule has 0 saturated heterocycles. The Morgan fingerprint density at radius 3 is 2.68 bits per heavy atom. The van der Waals surface area contributed by atoms with Gasteiger partial charge in [-0.05, 0) is 31.0 Å². The summed E-state index contributed by atoms with van der Waals surface area (Å²) in [5.41, 5.74) is 0.360. The van der Waals surface area contributed by atoms with Crippen LogP contribution in [0.25, 0.3) is 0 Å². The molecular weight excluding hydrogens is 261 g/mol. The summed E-state index contributed by atoms with van der Waals surface area (Å²) in [6.45, 7) is 12.0. The van der Waals surface area contributed by atoms with Crippen LogP contribution < -0.4 is 5.32 Å². The lowest BCUT2D eigenvalue weighted by Gasteiger charge is -2.27. The highest BCUT2D eigenvalue weighted by atomic mass is 35.5. The van der Waals surface area contributed by atoms with Crippen LogP contribution in [0.5, 0.6) is 0 Å². The number of hydrogen-bond donors (Lipinski definition) is 1. The number of hydrogen-bond acceptors (Lipinski definition) is 1. The highest BCUT2D eigenvalue weighted by Gasteiger charge is 2.23. The molecule has 1 rings (SSSR count). The van der Waals surface area contributed by atoms with Crippen LogP contribution in [0, 0.1) is 17.2 Å². The molecule has 0 aliphatic heterocycles. The molecule has 19 heavy (non-hydrogen) atoms. The Bertz CT molecular complexity index is 411. The predicted molar refractivity (Wildman–Crippen MR) is 81.1 cm³/mol. The standard InChI is InChI=1S/C16H23ClFN/c1-5-16(4,11-19-10-12(2)3)9-13-14(17)7-6-8-15(13)18/h5-8,12,19H,1,9-11H2,2-4H3. The average Bonchev–Trinajstić information content (AvgIpc) is 2.34. The third-order valence-corrected chi connectivity index (χ3v) is 3.57. The summed E-state index contributed by atoms with van der Waals surface area (Å²) >= 11 is 6.08. The molecule has 0 aliphatic rings. The maximum Gasteiger partial charge on any atom is 0.127 e. The molecule has 1 N–H and O–H groups in total. The number of nitrogens with one attached hydrogen (secondary N) is 1. The molecule has 0 amide bonds. The van der Waals surface area contributed by atoms with Gasteiger partial charge in [-0.25, -0.2) is 4.39 Å². The minimum atomic E-state index is -0.246. The maximum absolute atomic E-state index is 13.8. The van der Waals surface area contributed by atoms with Gasteiger partial charge in [0.05, 0.1) is 0 Å². The van der Waals surface area contributed by atoms with Crippen LogP contribution in [-0.2, 0) is 6.42 Å². The molecule has 0 aromatic heterocycles. The first-order chi connectivity index (χ1) is 8.88. The molecule has 1 aromatic rings. The van der Waals surface area contributed by atoms with E-state index in [0.717, 1.165) is 13.1 Å². The molecule has 106 valence electrons. The second kappa shape index (κ2) is 7.06. The van der Waals surface area contributed by atoms with E-state index in [2.05, 4.69) is 32.7 Å². The number of halogens is 2. The smallest absolute Gasteiger partial charge is 0.127 e. The fraction of sp³-hybridized carbons (Fsp3) is 0.500. The minimum Gasteiger partial charge on any atom is -0.316 e. The normalized spacial score (nSPS) is 14.4. The van der Waals surface area contributed by atoms with E-state index in [1.54, 1.807) is 12.1 Å². The largest absolute Gasteiger partial charge is 0.316 e. The molecular formula is C16H23ClFN. The second-order valence-corrected chi connectivity index (χ2v) is 6.17. The molecule has 0 radical (unpaired) electrons. The van der Waals surface area contributed by atoms with Gasteiger partial charge in [-0.3, -0.25) is 0 Å². The van der Waals surface area contributed by atoms with Crippen LogP contribution >= 0.6 is 11.6 Å². The average molecular weight is 284 g/mol. The Labute approximate surface area is 120 Å². The van der Waals surface area contributed by atoms with Crippen molar-refractivity contribution < 1.29 is 4.39 Å². The van der Waals surface area contributed by atoms with Crippen LogP contribution in [-0.4, -0.2) is 13.1 Å². The van der Waals surface area contributed by atoms with E-state index in [4.69, 9.17) is 11.6 Å². The first-order valence-corrected chi connectivity index (χ1v) is 7.03. The maximum atomic E-state index is 13.8. The summed E-state index contributed by atoms with van der Waals surface area (Å²) in [6.07, 6.45) is 2.43. The third-order valence-electron chi connectivity index (χ3n) is 3.22. The summed E-state index contributed by atoms with van der Waals surface area (Å²) in [5.74, 6) is 0.343. The Kier molecular flexibility index (Phi) is 6.02. The van der Waals surface area contributed by atoms with Crippen molar-refractivity contribution in [3.8, 4) is 0 Å². The first kappa shape index (κ1) is 16.2. The molecule has 0 fully saturated rings. The van der Waals surface area contributed by atoms with Gasteiger partial charge in [-0.15, -0.1) is 6.58 Å². The van der Waals surface area contributed by atoms with Gasteiger partial charge >= 0.3 is 0 Å². The van der Waals surface area contributed by atoms with Crippen molar-refractivity contribution in [2.75, 3.05) is 13.1 Å². The highest BCUT2D eigenvalue weighted by molar-refractivity contribution is 6.31. The third kappa shape index (κ3) is 4.96. The summed E-state index contributed by atoms with van der Waals surface area (Å²) < 4.78 is 13.8. The first-order valence-electron chi connectivity index (χ1n) is 6.65. The van der Waals surface area contributed by atoms with Gasteiger partial charge in [-0.1, -0.05) is 44.5 Å². The minimum absolute atomic E-state index is 0.208.